The number of rotatable bonds is 7. The highest BCUT2D eigenvalue weighted by Crippen LogP contribution is 2.32. The number of nitrogens with zero attached hydrogens (tertiary/aromatic N) is 1. The topological polar surface area (TPSA) is 50.5 Å². The Labute approximate surface area is 163 Å². The predicted molar refractivity (Wildman–Crippen MR) is 104 cm³/mol. The summed E-state index contributed by atoms with van der Waals surface area (Å²) < 4.78 is 33.2. The van der Waals surface area contributed by atoms with Gasteiger partial charge in [0.05, 0.1) is 28.4 Å². The summed E-state index contributed by atoms with van der Waals surface area (Å²) in [4.78, 5) is 0.183. The first-order valence-corrected chi connectivity index (χ1v) is 10.3. The minimum atomic E-state index is -3.83. The van der Waals surface area contributed by atoms with Crippen molar-refractivity contribution >= 4 is 38.9 Å². The standard InChI is InChI=1S/C19H17Cl2NO3S/c20-12-11-15-7-9-17(10-8-15)26(23,24)22(14-16-4-3-13-25-16)19-6-2-1-5-18(19)21/h1-10,13H,11-12,14H2. The Kier molecular flexibility index (Phi) is 5.91. The maximum Gasteiger partial charge on any atom is 0.264 e. The normalized spacial score (nSPS) is 11.5. The Bertz CT molecular complexity index is 955. The molecule has 0 bridgehead atoms. The fourth-order valence-corrected chi connectivity index (χ4v) is 4.52. The van der Waals surface area contributed by atoms with Crippen molar-refractivity contribution in [2.75, 3.05) is 10.2 Å². The molecule has 0 aliphatic carbocycles. The van der Waals surface area contributed by atoms with Crippen LogP contribution in [0.25, 0.3) is 0 Å². The van der Waals surface area contributed by atoms with Crippen molar-refractivity contribution in [2.24, 2.45) is 0 Å². The molecule has 3 rings (SSSR count). The van der Waals surface area contributed by atoms with Crippen molar-refractivity contribution in [2.45, 2.75) is 17.9 Å². The number of alkyl halides is 1. The van der Waals surface area contributed by atoms with Crippen molar-refractivity contribution in [3.8, 4) is 0 Å². The summed E-state index contributed by atoms with van der Waals surface area (Å²) in [5.41, 5.74) is 1.38. The Hall–Kier alpha value is -1.95. The summed E-state index contributed by atoms with van der Waals surface area (Å²) in [5, 5.41) is 0.349. The molecule has 26 heavy (non-hydrogen) atoms. The van der Waals surface area contributed by atoms with Crippen molar-refractivity contribution in [3.05, 3.63) is 83.3 Å². The average Bonchev–Trinajstić information content (AvgIpc) is 3.14. The number of hydrogen-bond donors (Lipinski definition) is 0. The molecule has 0 amide bonds. The van der Waals surface area contributed by atoms with Crippen molar-refractivity contribution in [1.82, 2.24) is 0 Å². The number of anilines is 1. The molecule has 0 N–H and O–H groups in total. The lowest BCUT2D eigenvalue weighted by atomic mass is 10.2. The zero-order valence-electron chi connectivity index (χ0n) is 13.8. The van der Waals surface area contributed by atoms with Gasteiger partial charge in [0, 0.05) is 5.88 Å². The second-order valence-corrected chi connectivity index (χ2v) is 8.27. The first-order chi connectivity index (χ1) is 12.5. The summed E-state index contributed by atoms with van der Waals surface area (Å²) in [6.07, 6.45) is 2.19. The number of hydrogen-bond acceptors (Lipinski definition) is 3. The van der Waals surface area contributed by atoms with Gasteiger partial charge in [-0.05, 0) is 48.4 Å². The van der Waals surface area contributed by atoms with Gasteiger partial charge < -0.3 is 4.42 Å². The molecular formula is C19H17Cl2NO3S. The third-order valence-corrected chi connectivity index (χ3v) is 6.18. The first-order valence-electron chi connectivity index (χ1n) is 7.97. The van der Waals surface area contributed by atoms with Gasteiger partial charge >= 0.3 is 0 Å². The number of sulfonamides is 1. The minimum absolute atomic E-state index is 0.0441. The van der Waals surface area contributed by atoms with Crippen LogP contribution in [0, 0.1) is 0 Å². The van der Waals surface area contributed by atoms with Crippen LogP contribution in [0.5, 0.6) is 0 Å². The maximum atomic E-state index is 13.3. The largest absolute Gasteiger partial charge is 0.467 e. The summed E-state index contributed by atoms with van der Waals surface area (Å²) in [6, 6.07) is 17.0. The highest BCUT2D eigenvalue weighted by atomic mass is 35.5. The molecule has 0 aliphatic heterocycles. The second kappa shape index (κ2) is 8.16. The molecule has 3 aromatic rings. The molecule has 0 saturated carbocycles. The van der Waals surface area contributed by atoms with E-state index in [1.807, 2.05) is 0 Å². The number of aryl methyl sites for hydroxylation is 1. The number of halogens is 2. The summed E-state index contributed by atoms with van der Waals surface area (Å²) >= 11 is 12.0. The zero-order valence-corrected chi connectivity index (χ0v) is 16.1. The summed E-state index contributed by atoms with van der Waals surface area (Å²) in [5.74, 6) is 1.00. The van der Waals surface area contributed by atoms with E-state index in [1.165, 1.54) is 10.6 Å². The van der Waals surface area contributed by atoms with E-state index < -0.39 is 10.0 Å². The van der Waals surface area contributed by atoms with Crippen LogP contribution in [0.15, 0.2) is 76.2 Å². The lowest BCUT2D eigenvalue weighted by Crippen LogP contribution is -2.30. The van der Waals surface area contributed by atoms with Crippen molar-refractivity contribution < 1.29 is 12.8 Å². The number of furan rings is 1. The van der Waals surface area contributed by atoms with Gasteiger partial charge in [-0.3, -0.25) is 4.31 Å². The van der Waals surface area contributed by atoms with Crippen molar-refractivity contribution in [3.63, 3.8) is 0 Å². The Morgan fingerprint density at radius 2 is 1.69 bits per heavy atom. The van der Waals surface area contributed by atoms with Crippen LogP contribution in [0.1, 0.15) is 11.3 Å². The van der Waals surface area contributed by atoms with Crippen LogP contribution in [0.2, 0.25) is 5.02 Å². The molecule has 0 atom stereocenters. The summed E-state index contributed by atoms with van der Waals surface area (Å²) in [6.45, 7) is 0.0441. The smallest absolute Gasteiger partial charge is 0.264 e. The third-order valence-electron chi connectivity index (χ3n) is 3.90. The molecule has 4 nitrogen and oxygen atoms in total. The molecule has 136 valence electrons. The van der Waals surface area contributed by atoms with E-state index in [4.69, 9.17) is 27.6 Å². The lowest BCUT2D eigenvalue weighted by Gasteiger charge is -2.24. The van der Waals surface area contributed by atoms with Crippen LogP contribution in [0.4, 0.5) is 5.69 Å². The maximum absolute atomic E-state index is 13.3. The van der Waals surface area contributed by atoms with E-state index in [-0.39, 0.29) is 11.4 Å². The molecule has 1 heterocycles. The fraction of sp³-hybridized carbons (Fsp3) is 0.158. The fourth-order valence-electron chi connectivity index (χ4n) is 2.56. The van der Waals surface area contributed by atoms with Crippen molar-refractivity contribution in [1.29, 1.82) is 0 Å². The molecule has 0 fully saturated rings. The lowest BCUT2D eigenvalue weighted by molar-refractivity contribution is 0.508. The quantitative estimate of drug-likeness (QED) is 0.509. The van der Waals surface area contributed by atoms with Crippen LogP contribution in [-0.4, -0.2) is 14.3 Å². The average molecular weight is 410 g/mol. The van der Waals surface area contributed by atoms with Gasteiger partial charge in [-0.2, -0.15) is 0 Å². The second-order valence-electron chi connectivity index (χ2n) is 5.63. The van der Waals surface area contributed by atoms with E-state index >= 15 is 0 Å². The summed E-state index contributed by atoms with van der Waals surface area (Å²) in [7, 11) is -3.83. The molecule has 1 aromatic heterocycles. The van der Waals surface area contributed by atoms with Gasteiger partial charge in [-0.1, -0.05) is 35.9 Å². The molecule has 0 radical (unpaired) electrons. The molecule has 2 aromatic carbocycles. The van der Waals surface area contributed by atoms with Crippen LogP contribution in [-0.2, 0) is 23.0 Å². The minimum Gasteiger partial charge on any atom is -0.467 e. The first kappa shape index (κ1) is 18.8. The van der Waals surface area contributed by atoms with E-state index in [2.05, 4.69) is 0 Å². The predicted octanol–water partition coefficient (Wildman–Crippen LogP) is 5.11. The molecule has 0 spiro atoms. The number of para-hydroxylation sites is 1. The molecule has 0 aliphatic rings. The zero-order chi connectivity index (χ0) is 18.6. The van der Waals surface area contributed by atoms with E-state index in [9.17, 15) is 8.42 Å². The van der Waals surface area contributed by atoms with E-state index in [0.29, 0.717) is 28.8 Å². The molecule has 0 unspecified atom stereocenters. The molecule has 7 heteroatoms. The van der Waals surface area contributed by atoms with Gasteiger partial charge in [0.2, 0.25) is 0 Å². The Morgan fingerprint density at radius 1 is 0.962 bits per heavy atom. The van der Waals surface area contributed by atoms with Crippen LogP contribution >= 0.6 is 23.2 Å². The Morgan fingerprint density at radius 3 is 2.31 bits per heavy atom. The van der Waals surface area contributed by atoms with Gasteiger partial charge in [-0.25, -0.2) is 8.42 Å². The monoisotopic (exact) mass is 409 g/mol. The molecule has 0 saturated heterocycles. The van der Waals surface area contributed by atoms with Gasteiger partial charge in [0.1, 0.15) is 5.76 Å². The molecular weight excluding hydrogens is 393 g/mol. The Balaban J connectivity index is 2.03. The number of benzene rings is 2. The van der Waals surface area contributed by atoms with Gasteiger partial charge in [0.25, 0.3) is 10.0 Å². The van der Waals surface area contributed by atoms with Crippen LogP contribution in [0.3, 0.4) is 0 Å². The highest BCUT2D eigenvalue weighted by molar-refractivity contribution is 7.92. The third kappa shape index (κ3) is 4.06. The van der Waals surface area contributed by atoms with E-state index in [0.717, 1.165) is 5.56 Å². The van der Waals surface area contributed by atoms with Gasteiger partial charge in [0.15, 0.2) is 0 Å². The SMILES string of the molecule is O=S(=O)(c1ccc(CCCl)cc1)N(Cc1ccco1)c1ccccc1Cl. The van der Waals surface area contributed by atoms with E-state index in [1.54, 1.807) is 60.7 Å². The van der Waals surface area contributed by atoms with Gasteiger partial charge in [-0.15, -0.1) is 11.6 Å². The highest BCUT2D eigenvalue weighted by Gasteiger charge is 2.27. The van der Waals surface area contributed by atoms with Crippen LogP contribution < -0.4 is 4.31 Å².